The smallest absolute Gasteiger partial charge is 0.407 e. The van der Waals surface area contributed by atoms with Crippen molar-refractivity contribution in [3.63, 3.8) is 0 Å². The molecule has 0 bridgehead atoms. The van der Waals surface area contributed by atoms with Gasteiger partial charge in [-0.05, 0) is 61.6 Å². The fourth-order valence-corrected chi connectivity index (χ4v) is 5.15. The predicted molar refractivity (Wildman–Crippen MR) is 160 cm³/mol. The van der Waals surface area contributed by atoms with Gasteiger partial charge in [0.2, 0.25) is 5.91 Å². The molecule has 42 heavy (non-hydrogen) atoms. The van der Waals surface area contributed by atoms with Crippen molar-refractivity contribution < 1.29 is 29.3 Å². The fraction of sp³-hybridized carbons (Fsp3) is 0.394. The summed E-state index contributed by atoms with van der Waals surface area (Å²) in [6.45, 7) is 5.53. The summed E-state index contributed by atoms with van der Waals surface area (Å²) in [5.74, 6) is 0.201. The highest BCUT2D eigenvalue weighted by atomic mass is 16.6. The number of carbonyl (C=O) groups is 2. The summed E-state index contributed by atoms with van der Waals surface area (Å²) in [7, 11) is 1.59. The van der Waals surface area contributed by atoms with Crippen molar-refractivity contribution in [2.24, 2.45) is 0 Å². The van der Waals surface area contributed by atoms with Crippen molar-refractivity contribution in [2.45, 2.75) is 76.1 Å². The van der Waals surface area contributed by atoms with Gasteiger partial charge in [-0.25, -0.2) is 4.79 Å². The SMILES string of the molecule is COc1ccc(CN[C@@H](C(=O)N[C@H]2c3ccccc3C[C@H]2O)[C@H](O)[C@H](Cc2ccccc2)NC(=O)OC(C)(C)C)cc1. The van der Waals surface area contributed by atoms with Crippen LogP contribution in [-0.2, 0) is 28.9 Å². The van der Waals surface area contributed by atoms with Gasteiger partial charge in [-0.15, -0.1) is 0 Å². The minimum Gasteiger partial charge on any atom is -0.497 e. The van der Waals surface area contributed by atoms with E-state index in [1.165, 1.54) is 0 Å². The Kier molecular flexibility index (Phi) is 10.2. The van der Waals surface area contributed by atoms with Gasteiger partial charge >= 0.3 is 6.09 Å². The molecule has 0 aromatic heterocycles. The molecule has 1 aliphatic carbocycles. The maximum Gasteiger partial charge on any atom is 0.407 e. The number of rotatable bonds is 11. The molecule has 0 saturated carbocycles. The molecule has 0 radical (unpaired) electrons. The zero-order valence-electron chi connectivity index (χ0n) is 24.5. The Morgan fingerprint density at radius 1 is 0.952 bits per heavy atom. The monoisotopic (exact) mass is 575 g/mol. The molecule has 0 aliphatic heterocycles. The highest BCUT2D eigenvalue weighted by Crippen LogP contribution is 2.31. The van der Waals surface area contributed by atoms with E-state index in [0.717, 1.165) is 22.3 Å². The molecule has 0 spiro atoms. The van der Waals surface area contributed by atoms with Gasteiger partial charge in [0.25, 0.3) is 0 Å². The average molecular weight is 576 g/mol. The average Bonchev–Trinajstić information content (AvgIpc) is 3.27. The van der Waals surface area contributed by atoms with E-state index in [-0.39, 0.29) is 13.0 Å². The van der Waals surface area contributed by atoms with Crippen LogP contribution in [0.4, 0.5) is 4.79 Å². The number of aliphatic hydroxyl groups excluding tert-OH is 2. The molecule has 9 nitrogen and oxygen atoms in total. The van der Waals surface area contributed by atoms with Gasteiger partial charge in [-0.1, -0.05) is 66.7 Å². The van der Waals surface area contributed by atoms with E-state index in [1.807, 2.05) is 78.9 Å². The van der Waals surface area contributed by atoms with Gasteiger partial charge in [0.15, 0.2) is 0 Å². The molecule has 3 aromatic carbocycles. The highest BCUT2D eigenvalue weighted by molar-refractivity contribution is 5.83. The molecule has 0 saturated heterocycles. The molecule has 1 aliphatic rings. The van der Waals surface area contributed by atoms with Crippen LogP contribution in [0.25, 0.3) is 0 Å². The van der Waals surface area contributed by atoms with Gasteiger partial charge in [-0.3, -0.25) is 10.1 Å². The molecule has 224 valence electrons. The van der Waals surface area contributed by atoms with Crippen LogP contribution in [0, 0.1) is 0 Å². The Morgan fingerprint density at radius 2 is 1.62 bits per heavy atom. The number of hydrogen-bond acceptors (Lipinski definition) is 7. The second kappa shape index (κ2) is 13.8. The number of nitrogens with one attached hydrogen (secondary N) is 3. The van der Waals surface area contributed by atoms with Crippen molar-refractivity contribution >= 4 is 12.0 Å². The molecule has 4 rings (SSSR count). The van der Waals surface area contributed by atoms with Crippen LogP contribution in [0.15, 0.2) is 78.9 Å². The Morgan fingerprint density at radius 3 is 2.29 bits per heavy atom. The van der Waals surface area contributed by atoms with E-state index in [1.54, 1.807) is 27.9 Å². The first kappa shape index (κ1) is 31.0. The predicted octanol–water partition coefficient (Wildman–Crippen LogP) is 3.42. The topological polar surface area (TPSA) is 129 Å². The van der Waals surface area contributed by atoms with Gasteiger partial charge < -0.3 is 30.3 Å². The van der Waals surface area contributed by atoms with E-state index in [9.17, 15) is 19.8 Å². The van der Waals surface area contributed by atoms with Gasteiger partial charge in [0.05, 0.1) is 31.4 Å². The first-order valence-electron chi connectivity index (χ1n) is 14.2. The van der Waals surface area contributed by atoms with Gasteiger partial charge in [0.1, 0.15) is 17.4 Å². The number of carbonyl (C=O) groups excluding carboxylic acids is 2. The first-order valence-corrected chi connectivity index (χ1v) is 14.2. The molecular weight excluding hydrogens is 534 g/mol. The minimum absolute atomic E-state index is 0.254. The van der Waals surface area contributed by atoms with E-state index >= 15 is 0 Å². The number of aliphatic hydroxyl groups is 2. The molecular formula is C33H41N3O6. The number of methoxy groups -OCH3 is 1. The van der Waals surface area contributed by atoms with Crippen molar-refractivity contribution in [2.75, 3.05) is 7.11 Å². The second-order valence-corrected chi connectivity index (χ2v) is 11.6. The van der Waals surface area contributed by atoms with Crippen LogP contribution < -0.4 is 20.7 Å². The minimum atomic E-state index is -1.36. The maximum absolute atomic E-state index is 13.9. The van der Waals surface area contributed by atoms with Gasteiger partial charge in [0, 0.05) is 13.0 Å². The Labute approximate surface area is 247 Å². The van der Waals surface area contributed by atoms with E-state index < -0.39 is 47.9 Å². The van der Waals surface area contributed by atoms with Crippen LogP contribution in [0.3, 0.4) is 0 Å². The third-order valence-electron chi connectivity index (χ3n) is 7.22. The van der Waals surface area contributed by atoms with Crippen molar-refractivity contribution in [1.29, 1.82) is 0 Å². The van der Waals surface area contributed by atoms with Crippen molar-refractivity contribution in [3.05, 3.63) is 101 Å². The molecule has 2 amide bonds. The molecule has 0 fully saturated rings. The number of alkyl carbamates (subject to hydrolysis) is 1. The lowest BCUT2D eigenvalue weighted by atomic mass is 9.95. The standard InChI is InChI=1S/C33H41N3O6/c1-33(2,3)42-32(40)35-26(18-21-10-6-5-7-11-21)30(38)29(34-20-22-14-16-24(41-4)17-15-22)31(39)36-28-25-13-9-8-12-23(25)19-27(28)37/h5-17,26-30,34,37-38H,18-20H2,1-4H3,(H,35,40)(H,36,39)/t26-,27+,28-,29+,30+/m0/s1. The van der Waals surface area contributed by atoms with E-state index in [0.29, 0.717) is 12.2 Å². The summed E-state index contributed by atoms with van der Waals surface area (Å²) in [6.07, 6.45) is -2.18. The summed E-state index contributed by atoms with van der Waals surface area (Å²) in [4.78, 5) is 26.7. The van der Waals surface area contributed by atoms with E-state index in [2.05, 4.69) is 16.0 Å². The maximum atomic E-state index is 13.9. The number of ether oxygens (including phenoxy) is 2. The Hall–Kier alpha value is -3.92. The summed E-state index contributed by atoms with van der Waals surface area (Å²) < 4.78 is 10.7. The van der Waals surface area contributed by atoms with Crippen LogP contribution in [0.1, 0.15) is 49.1 Å². The zero-order valence-corrected chi connectivity index (χ0v) is 24.5. The van der Waals surface area contributed by atoms with E-state index in [4.69, 9.17) is 9.47 Å². The van der Waals surface area contributed by atoms with Crippen LogP contribution in [0.5, 0.6) is 5.75 Å². The summed E-state index contributed by atoms with van der Waals surface area (Å²) in [5.41, 5.74) is 2.79. The molecule has 5 N–H and O–H groups in total. The van der Waals surface area contributed by atoms with Crippen LogP contribution in [0.2, 0.25) is 0 Å². The lowest BCUT2D eigenvalue weighted by Crippen LogP contribution is -2.60. The quantitative estimate of drug-likeness (QED) is 0.237. The third kappa shape index (κ3) is 8.31. The zero-order chi connectivity index (χ0) is 30.3. The number of amides is 2. The second-order valence-electron chi connectivity index (χ2n) is 11.6. The fourth-order valence-electron chi connectivity index (χ4n) is 5.15. The normalized spacial score (nSPS) is 18.3. The summed E-state index contributed by atoms with van der Waals surface area (Å²) in [6, 6.07) is 21.7. The highest BCUT2D eigenvalue weighted by Gasteiger charge is 2.38. The molecule has 0 heterocycles. The molecule has 0 unspecified atom stereocenters. The largest absolute Gasteiger partial charge is 0.497 e. The molecule has 3 aromatic rings. The first-order chi connectivity index (χ1) is 20.0. The van der Waals surface area contributed by atoms with Gasteiger partial charge in [-0.2, -0.15) is 0 Å². The summed E-state index contributed by atoms with van der Waals surface area (Å²) >= 11 is 0. The molecule has 5 atom stereocenters. The summed E-state index contributed by atoms with van der Waals surface area (Å²) in [5, 5.41) is 31.5. The Balaban J connectivity index is 1.60. The number of fused-ring (bicyclic) bond motifs is 1. The lowest BCUT2D eigenvalue weighted by Gasteiger charge is -2.32. The molecule has 9 heteroatoms. The van der Waals surface area contributed by atoms with Crippen LogP contribution in [-0.4, -0.2) is 59.2 Å². The van der Waals surface area contributed by atoms with Crippen molar-refractivity contribution in [3.8, 4) is 5.75 Å². The number of benzene rings is 3. The van der Waals surface area contributed by atoms with Crippen LogP contribution >= 0.6 is 0 Å². The lowest BCUT2D eigenvalue weighted by molar-refractivity contribution is -0.128. The third-order valence-corrected chi connectivity index (χ3v) is 7.22. The Bertz CT molecular complexity index is 1330. The number of hydrogen-bond donors (Lipinski definition) is 5. The van der Waals surface area contributed by atoms with Crippen molar-refractivity contribution in [1.82, 2.24) is 16.0 Å².